The average molecular weight is 559 g/mol. The zero-order valence-corrected chi connectivity index (χ0v) is 22.7. The predicted octanol–water partition coefficient (Wildman–Crippen LogP) is 3.64. The summed E-state index contributed by atoms with van der Waals surface area (Å²) in [5, 5.41) is 6.16. The summed E-state index contributed by atoms with van der Waals surface area (Å²) in [5.74, 6) is -1.16. The lowest BCUT2D eigenvalue weighted by Crippen LogP contribution is -2.50. The van der Waals surface area contributed by atoms with Gasteiger partial charge in [-0.3, -0.25) is 14.5 Å². The van der Waals surface area contributed by atoms with Gasteiger partial charge in [-0.25, -0.2) is 8.42 Å². The minimum atomic E-state index is -3.32. The van der Waals surface area contributed by atoms with Gasteiger partial charge in [0.05, 0.1) is 15.8 Å². The standard InChI is InChI=1S/C24H29Cl2N3O4S2/c1-34-19-6-3-16(4-7-19)14-29-11-9-18(15-29)27-24(31)22(10-12-35(2,32)33)28-23(30)17-5-8-20(25)21(26)13-17/h3-8,13,18,22H,9-12,14-15H2,1-2H3,(H,27,31)(H,28,30)/t18-,22+/m1/s1. The molecule has 0 aliphatic carbocycles. The van der Waals surface area contributed by atoms with Crippen molar-refractivity contribution >= 4 is 56.6 Å². The van der Waals surface area contributed by atoms with Gasteiger partial charge in [-0.05, 0) is 55.0 Å². The normalized spacial score (nSPS) is 17.2. The summed E-state index contributed by atoms with van der Waals surface area (Å²) in [4.78, 5) is 29.3. The van der Waals surface area contributed by atoms with Gasteiger partial charge in [0.2, 0.25) is 5.91 Å². The number of hydrogen-bond acceptors (Lipinski definition) is 6. The van der Waals surface area contributed by atoms with Gasteiger partial charge in [-0.15, -0.1) is 11.8 Å². The number of likely N-dealkylation sites (tertiary alicyclic amines) is 1. The van der Waals surface area contributed by atoms with E-state index in [9.17, 15) is 18.0 Å². The summed E-state index contributed by atoms with van der Waals surface area (Å²) in [5.41, 5.74) is 1.44. The summed E-state index contributed by atoms with van der Waals surface area (Å²) < 4.78 is 23.4. The maximum Gasteiger partial charge on any atom is 0.251 e. The van der Waals surface area contributed by atoms with Crippen LogP contribution in [0, 0.1) is 0 Å². The Morgan fingerprint density at radius 2 is 1.86 bits per heavy atom. The van der Waals surface area contributed by atoms with Crippen molar-refractivity contribution in [2.45, 2.75) is 36.4 Å². The lowest BCUT2D eigenvalue weighted by molar-refractivity contribution is -0.123. The van der Waals surface area contributed by atoms with Crippen LogP contribution in [-0.4, -0.2) is 68.6 Å². The second-order valence-electron chi connectivity index (χ2n) is 8.65. The van der Waals surface area contributed by atoms with Gasteiger partial charge >= 0.3 is 0 Å². The minimum Gasteiger partial charge on any atom is -0.350 e. The molecule has 1 fully saturated rings. The highest BCUT2D eigenvalue weighted by Gasteiger charge is 2.29. The van der Waals surface area contributed by atoms with E-state index in [0.29, 0.717) is 11.6 Å². The fourth-order valence-corrected chi connectivity index (χ4v) is 5.23. The fraction of sp³-hybridized carbons (Fsp3) is 0.417. The van der Waals surface area contributed by atoms with Crippen molar-refractivity contribution in [2.24, 2.45) is 0 Å². The van der Waals surface area contributed by atoms with Gasteiger partial charge in [0, 0.05) is 42.4 Å². The van der Waals surface area contributed by atoms with Crippen LogP contribution in [0.1, 0.15) is 28.8 Å². The van der Waals surface area contributed by atoms with E-state index in [4.69, 9.17) is 23.2 Å². The van der Waals surface area contributed by atoms with E-state index in [2.05, 4.69) is 39.8 Å². The number of amides is 2. The molecule has 0 spiro atoms. The van der Waals surface area contributed by atoms with Crippen molar-refractivity contribution in [1.82, 2.24) is 15.5 Å². The topological polar surface area (TPSA) is 95.6 Å². The summed E-state index contributed by atoms with van der Waals surface area (Å²) >= 11 is 13.6. The maximum atomic E-state index is 13.1. The van der Waals surface area contributed by atoms with Gasteiger partial charge in [0.1, 0.15) is 15.9 Å². The lowest BCUT2D eigenvalue weighted by Gasteiger charge is -2.22. The molecular weight excluding hydrogens is 529 g/mol. The Bertz CT molecular complexity index is 1160. The zero-order chi connectivity index (χ0) is 25.6. The molecule has 0 bridgehead atoms. The van der Waals surface area contributed by atoms with Crippen molar-refractivity contribution < 1.29 is 18.0 Å². The van der Waals surface area contributed by atoms with E-state index < -0.39 is 27.7 Å². The molecule has 0 saturated carbocycles. The Labute approximate surface area is 220 Å². The smallest absolute Gasteiger partial charge is 0.251 e. The first-order valence-corrected chi connectivity index (χ1v) is 15.2. The minimum absolute atomic E-state index is 0.0318. The Balaban J connectivity index is 1.61. The van der Waals surface area contributed by atoms with Crippen LogP contribution in [0.25, 0.3) is 0 Å². The van der Waals surface area contributed by atoms with E-state index in [0.717, 1.165) is 25.8 Å². The lowest BCUT2D eigenvalue weighted by atomic mass is 10.1. The Kier molecular flexibility index (Phi) is 9.89. The van der Waals surface area contributed by atoms with Gasteiger partial charge in [-0.1, -0.05) is 35.3 Å². The molecule has 2 aromatic rings. The first-order chi connectivity index (χ1) is 16.5. The highest BCUT2D eigenvalue weighted by Crippen LogP contribution is 2.23. The molecule has 2 atom stereocenters. The van der Waals surface area contributed by atoms with E-state index in [1.54, 1.807) is 11.8 Å². The molecular formula is C24H29Cl2N3O4S2. The van der Waals surface area contributed by atoms with Gasteiger partial charge in [-0.2, -0.15) is 0 Å². The highest BCUT2D eigenvalue weighted by molar-refractivity contribution is 7.98. The summed E-state index contributed by atoms with van der Waals surface area (Å²) in [7, 11) is -3.32. The molecule has 1 aliphatic heterocycles. The van der Waals surface area contributed by atoms with Crippen molar-refractivity contribution in [2.75, 3.05) is 31.4 Å². The zero-order valence-electron chi connectivity index (χ0n) is 19.6. The second kappa shape index (κ2) is 12.5. The number of hydrogen-bond donors (Lipinski definition) is 2. The van der Waals surface area contributed by atoms with Crippen LogP contribution in [0.4, 0.5) is 0 Å². The van der Waals surface area contributed by atoms with Crippen molar-refractivity contribution in [1.29, 1.82) is 0 Å². The molecule has 7 nitrogen and oxygen atoms in total. The molecule has 0 unspecified atom stereocenters. The van der Waals surface area contributed by atoms with Crippen molar-refractivity contribution in [3.05, 3.63) is 63.6 Å². The SMILES string of the molecule is CSc1ccc(CN2CC[C@@H](NC(=O)[C@H](CCS(C)(=O)=O)NC(=O)c3ccc(Cl)c(Cl)c3)C2)cc1. The van der Waals surface area contributed by atoms with Gasteiger partial charge < -0.3 is 10.6 Å². The van der Waals surface area contributed by atoms with Gasteiger partial charge in [0.15, 0.2) is 0 Å². The number of carbonyl (C=O) groups is 2. The molecule has 35 heavy (non-hydrogen) atoms. The third kappa shape index (κ3) is 8.68. The molecule has 2 N–H and O–H groups in total. The number of sulfone groups is 1. The largest absolute Gasteiger partial charge is 0.350 e. The van der Waals surface area contributed by atoms with Crippen LogP contribution < -0.4 is 10.6 Å². The number of nitrogens with zero attached hydrogens (tertiary/aromatic N) is 1. The third-order valence-corrected chi connectivity index (χ3v) is 8.22. The number of halogens is 2. The first kappa shape index (κ1) is 27.8. The van der Waals surface area contributed by atoms with E-state index >= 15 is 0 Å². The molecule has 2 aromatic carbocycles. The van der Waals surface area contributed by atoms with Crippen LogP contribution >= 0.6 is 35.0 Å². The number of rotatable bonds is 10. The predicted molar refractivity (Wildman–Crippen MR) is 142 cm³/mol. The molecule has 190 valence electrons. The average Bonchev–Trinajstić information content (AvgIpc) is 3.24. The van der Waals surface area contributed by atoms with Crippen molar-refractivity contribution in [3.8, 4) is 0 Å². The molecule has 0 radical (unpaired) electrons. The summed E-state index contributed by atoms with van der Waals surface area (Å²) in [6.45, 7) is 2.29. The van der Waals surface area contributed by atoms with E-state index in [-0.39, 0.29) is 28.8 Å². The summed E-state index contributed by atoms with van der Waals surface area (Å²) in [6.07, 6.45) is 3.88. The van der Waals surface area contributed by atoms with Crippen LogP contribution in [0.5, 0.6) is 0 Å². The molecule has 1 aliphatic rings. The first-order valence-electron chi connectivity index (χ1n) is 11.1. The van der Waals surface area contributed by atoms with Gasteiger partial charge in [0.25, 0.3) is 5.91 Å². The maximum absolute atomic E-state index is 13.1. The van der Waals surface area contributed by atoms with Crippen LogP contribution in [-0.2, 0) is 21.2 Å². The second-order valence-corrected chi connectivity index (χ2v) is 12.6. The van der Waals surface area contributed by atoms with Crippen molar-refractivity contribution in [3.63, 3.8) is 0 Å². The van der Waals surface area contributed by atoms with E-state index in [1.807, 2.05) is 6.26 Å². The number of benzene rings is 2. The Morgan fingerprint density at radius 3 is 2.49 bits per heavy atom. The third-order valence-electron chi connectivity index (χ3n) is 5.76. The fourth-order valence-electron chi connectivity index (χ4n) is 3.86. The van der Waals surface area contributed by atoms with Crippen LogP contribution in [0.3, 0.4) is 0 Å². The number of carbonyl (C=O) groups excluding carboxylic acids is 2. The highest BCUT2D eigenvalue weighted by atomic mass is 35.5. The molecule has 1 heterocycles. The number of thioether (sulfide) groups is 1. The van der Waals surface area contributed by atoms with Crippen LogP contribution in [0.2, 0.25) is 10.0 Å². The molecule has 11 heteroatoms. The molecule has 1 saturated heterocycles. The molecule has 3 rings (SSSR count). The monoisotopic (exact) mass is 557 g/mol. The Morgan fingerprint density at radius 1 is 1.14 bits per heavy atom. The number of nitrogens with one attached hydrogen (secondary N) is 2. The summed E-state index contributed by atoms with van der Waals surface area (Å²) in [6, 6.07) is 11.7. The quantitative estimate of drug-likeness (QED) is 0.433. The van der Waals surface area contributed by atoms with Crippen LogP contribution in [0.15, 0.2) is 47.4 Å². The molecule has 2 amide bonds. The molecule has 0 aromatic heterocycles. The van der Waals surface area contributed by atoms with E-state index in [1.165, 1.54) is 28.7 Å². The Hall–Kier alpha value is -1.78.